The normalized spacial score (nSPS) is 16.7. The van der Waals surface area contributed by atoms with Crippen LogP contribution in [0.1, 0.15) is 51.5 Å². The van der Waals surface area contributed by atoms with Gasteiger partial charge in [0.05, 0.1) is 17.6 Å². The van der Waals surface area contributed by atoms with Crippen LogP contribution < -0.4 is 0 Å². The maximum atomic E-state index is 6.02. The summed E-state index contributed by atoms with van der Waals surface area (Å²) in [5, 5.41) is 12.7. The van der Waals surface area contributed by atoms with Crippen molar-refractivity contribution in [2.45, 2.75) is 75.2 Å². The molecule has 4 rings (SSSR count). The van der Waals surface area contributed by atoms with Crippen LogP contribution in [0.3, 0.4) is 0 Å². The molecule has 0 amide bonds. The Hall–Kier alpha value is -0.830. The number of thiophene rings is 1. The lowest BCUT2D eigenvalue weighted by Gasteiger charge is -2.30. The van der Waals surface area contributed by atoms with E-state index in [0.717, 1.165) is 39.4 Å². The Labute approximate surface area is 166 Å². The molecular formula is C18H24N4OS3. The topological polar surface area (TPSA) is 52.3 Å². The molecule has 0 spiro atoms. The molecule has 140 valence electrons. The van der Waals surface area contributed by atoms with Gasteiger partial charge in [-0.2, -0.15) is 0 Å². The van der Waals surface area contributed by atoms with Gasteiger partial charge in [0.15, 0.2) is 16.0 Å². The van der Waals surface area contributed by atoms with Crippen LogP contribution in [0.25, 0.3) is 15.9 Å². The highest BCUT2D eigenvalue weighted by molar-refractivity contribution is 8.00. The lowest BCUT2D eigenvalue weighted by atomic mass is 9.94. The number of hydrogen-bond donors (Lipinski definition) is 0. The van der Waals surface area contributed by atoms with Crippen molar-refractivity contribution in [3.05, 3.63) is 10.4 Å². The molecular weight excluding hydrogens is 384 g/mol. The summed E-state index contributed by atoms with van der Waals surface area (Å²) in [5.41, 5.74) is 2.15. The fourth-order valence-electron chi connectivity index (χ4n) is 3.17. The summed E-state index contributed by atoms with van der Waals surface area (Å²) >= 11 is 5.28. The van der Waals surface area contributed by atoms with Crippen LogP contribution in [0.15, 0.2) is 10.3 Å². The third-order valence-corrected chi connectivity index (χ3v) is 7.48. The van der Waals surface area contributed by atoms with E-state index in [1.807, 2.05) is 0 Å². The standard InChI is InChI=1S/C18H24N4OS3/c1-6-7-24-16-19-15-13(11-8-18(4,5)23-9-12(11)26-15)14-20-21-17(22(14)16)25-10(2)3/h10H,6-9H2,1-5H3. The third-order valence-electron chi connectivity index (χ3n) is 4.29. The molecule has 0 fully saturated rings. The van der Waals surface area contributed by atoms with Crippen LogP contribution in [0.2, 0.25) is 0 Å². The first-order chi connectivity index (χ1) is 12.4. The number of thioether (sulfide) groups is 2. The number of hydrogen-bond acceptors (Lipinski definition) is 7. The number of rotatable bonds is 5. The van der Waals surface area contributed by atoms with Crippen molar-refractivity contribution in [1.29, 1.82) is 0 Å². The molecule has 5 nitrogen and oxygen atoms in total. The van der Waals surface area contributed by atoms with E-state index >= 15 is 0 Å². The van der Waals surface area contributed by atoms with Gasteiger partial charge in [-0.1, -0.05) is 44.3 Å². The summed E-state index contributed by atoms with van der Waals surface area (Å²) in [4.78, 5) is 7.38. The first-order valence-corrected chi connectivity index (χ1v) is 11.7. The fourth-order valence-corrected chi connectivity index (χ4v) is 6.01. The van der Waals surface area contributed by atoms with Crippen LogP contribution in [-0.2, 0) is 17.8 Å². The summed E-state index contributed by atoms with van der Waals surface area (Å²) in [7, 11) is 0. The maximum absolute atomic E-state index is 6.02. The van der Waals surface area contributed by atoms with E-state index in [1.165, 1.54) is 15.8 Å². The second-order valence-electron chi connectivity index (χ2n) is 7.46. The van der Waals surface area contributed by atoms with Crippen LogP contribution in [0.4, 0.5) is 0 Å². The Morgan fingerprint density at radius 2 is 2.08 bits per heavy atom. The Morgan fingerprint density at radius 3 is 2.81 bits per heavy atom. The predicted octanol–water partition coefficient (Wildman–Crippen LogP) is 5.19. The van der Waals surface area contributed by atoms with Crippen LogP contribution in [0, 0.1) is 0 Å². The molecule has 1 aliphatic rings. The Kier molecular flexibility index (Phi) is 4.96. The van der Waals surface area contributed by atoms with Gasteiger partial charge in [-0.15, -0.1) is 21.5 Å². The van der Waals surface area contributed by atoms with E-state index < -0.39 is 0 Å². The molecule has 8 heteroatoms. The van der Waals surface area contributed by atoms with Gasteiger partial charge in [-0.3, -0.25) is 0 Å². The minimum atomic E-state index is -0.150. The fraction of sp³-hybridized carbons (Fsp3) is 0.611. The Balaban J connectivity index is 1.97. The van der Waals surface area contributed by atoms with E-state index in [4.69, 9.17) is 9.72 Å². The first kappa shape index (κ1) is 18.5. The summed E-state index contributed by atoms with van der Waals surface area (Å²) in [6.45, 7) is 11.5. The molecule has 0 bridgehead atoms. The Morgan fingerprint density at radius 1 is 1.27 bits per heavy atom. The van der Waals surface area contributed by atoms with E-state index in [1.54, 1.807) is 34.9 Å². The average molecular weight is 409 g/mol. The average Bonchev–Trinajstić information content (AvgIpc) is 3.12. The van der Waals surface area contributed by atoms with Crippen molar-refractivity contribution in [3.63, 3.8) is 0 Å². The molecule has 0 aliphatic carbocycles. The number of fused-ring (bicyclic) bond motifs is 5. The summed E-state index contributed by atoms with van der Waals surface area (Å²) < 4.78 is 8.19. The number of aromatic nitrogens is 4. The lowest BCUT2D eigenvalue weighted by Crippen LogP contribution is -2.31. The van der Waals surface area contributed by atoms with E-state index in [2.05, 4.69) is 49.2 Å². The molecule has 0 N–H and O–H groups in total. The van der Waals surface area contributed by atoms with Crippen molar-refractivity contribution in [1.82, 2.24) is 19.6 Å². The minimum absolute atomic E-state index is 0.150. The highest BCUT2D eigenvalue weighted by Gasteiger charge is 2.31. The first-order valence-electron chi connectivity index (χ1n) is 9.02. The molecule has 26 heavy (non-hydrogen) atoms. The van der Waals surface area contributed by atoms with E-state index in [9.17, 15) is 0 Å². The molecule has 0 aromatic carbocycles. The van der Waals surface area contributed by atoms with E-state index in [-0.39, 0.29) is 5.60 Å². The van der Waals surface area contributed by atoms with Crippen molar-refractivity contribution in [3.8, 4) is 0 Å². The van der Waals surface area contributed by atoms with Crippen LogP contribution >= 0.6 is 34.9 Å². The highest BCUT2D eigenvalue weighted by Crippen LogP contribution is 2.41. The quantitative estimate of drug-likeness (QED) is 0.428. The van der Waals surface area contributed by atoms with Gasteiger partial charge in [-0.05, 0) is 25.8 Å². The van der Waals surface area contributed by atoms with Gasteiger partial charge in [-0.25, -0.2) is 9.38 Å². The summed E-state index contributed by atoms with van der Waals surface area (Å²) in [5.74, 6) is 1.04. The molecule has 0 radical (unpaired) electrons. The largest absolute Gasteiger partial charge is 0.370 e. The molecule has 0 saturated carbocycles. The third kappa shape index (κ3) is 3.25. The van der Waals surface area contributed by atoms with Gasteiger partial charge in [0, 0.05) is 22.3 Å². The minimum Gasteiger partial charge on any atom is -0.370 e. The maximum Gasteiger partial charge on any atom is 0.197 e. The van der Waals surface area contributed by atoms with Crippen molar-refractivity contribution < 1.29 is 4.74 Å². The van der Waals surface area contributed by atoms with E-state index in [0.29, 0.717) is 11.9 Å². The number of nitrogens with zero attached hydrogens (tertiary/aromatic N) is 4. The van der Waals surface area contributed by atoms with Crippen molar-refractivity contribution in [2.75, 3.05) is 5.75 Å². The zero-order chi connectivity index (χ0) is 18.5. The molecule has 4 heterocycles. The van der Waals surface area contributed by atoms with Gasteiger partial charge in [0.2, 0.25) is 0 Å². The SMILES string of the molecule is CCCSc1nc2sc3c(c2c2nnc(SC(C)C)n12)CC(C)(C)OC3. The van der Waals surface area contributed by atoms with Gasteiger partial charge in [0.1, 0.15) is 4.83 Å². The predicted molar refractivity (Wildman–Crippen MR) is 111 cm³/mol. The molecule has 3 aromatic rings. The van der Waals surface area contributed by atoms with Gasteiger partial charge < -0.3 is 4.74 Å². The van der Waals surface area contributed by atoms with Crippen LogP contribution in [0.5, 0.6) is 0 Å². The van der Waals surface area contributed by atoms with Gasteiger partial charge >= 0.3 is 0 Å². The monoisotopic (exact) mass is 408 g/mol. The smallest absolute Gasteiger partial charge is 0.197 e. The summed E-state index contributed by atoms with van der Waals surface area (Å²) in [6, 6.07) is 0. The molecule has 1 aliphatic heterocycles. The van der Waals surface area contributed by atoms with Crippen molar-refractivity contribution >= 4 is 50.7 Å². The molecule has 3 aromatic heterocycles. The summed E-state index contributed by atoms with van der Waals surface area (Å²) in [6.07, 6.45) is 2.00. The highest BCUT2D eigenvalue weighted by atomic mass is 32.2. The Bertz CT molecular complexity index is 961. The zero-order valence-electron chi connectivity index (χ0n) is 15.8. The molecule has 0 unspecified atom stereocenters. The number of ether oxygens (including phenoxy) is 1. The van der Waals surface area contributed by atoms with Gasteiger partial charge in [0.25, 0.3) is 0 Å². The zero-order valence-corrected chi connectivity index (χ0v) is 18.3. The molecule has 0 saturated heterocycles. The van der Waals surface area contributed by atoms with Crippen molar-refractivity contribution in [2.24, 2.45) is 0 Å². The van der Waals surface area contributed by atoms with Crippen LogP contribution in [-0.4, -0.2) is 36.2 Å². The molecule has 0 atom stereocenters. The second kappa shape index (κ2) is 6.96. The lowest BCUT2D eigenvalue weighted by molar-refractivity contribution is -0.0379. The second-order valence-corrected chi connectivity index (χ2v) is 11.1.